The van der Waals surface area contributed by atoms with Crippen LogP contribution in [0.5, 0.6) is 5.75 Å². The highest BCUT2D eigenvalue weighted by atomic mass is 79.9. The fourth-order valence-electron chi connectivity index (χ4n) is 1.06. The standard InChI is InChI=1S/C12H9Br2ClO2/c1-8(16)4-5-17-11-3-2-10(15)6-9(11)7-12(13)14/h2-7H,1H3/b5-4+. The smallest absolute Gasteiger partial charge is 0.155 e. The van der Waals surface area contributed by atoms with E-state index in [1.165, 1.54) is 19.3 Å². The molecule has 0 saturated heterocycles. The largest absolute Gasteiger partial charge is 0.464 e. The summed E-state index contributed by atoms with van der Waals surface area (Å²) in [5, 5.41) is 0.611. The van der Waals surface area contributed by atoms with E-state index in [1.54, 1.807) is 18.2 Å². The predicted molar refractivity (Wildman–Crippen MR) is 77.7 cm³/mol. The lowest BCUT2D eigenvalue weighted by Crippen LogP contribution is -1.89. The third-order valence-corrected chi connectivity index (χ3v) is 2.43. The molecule has 1 aromatic rings. The number of allylic oxidation sites excluding steroid dienone is 1. The van der Waals surface area contributed by atoms with Gasteiger partial charge in [0.25, 0.3) is 0 Å². The Kier molecular flexibility index (Phi) is 5.95. The molecule has 0 heterocycles. The van der Waals surface area contributed by atoms with Crippen molar-refractivity contribution in [2.45, 2.75) is 6.92 Å². The second kappa shape index (κ2) is 6.99. The molecule has 0 aromatic heterocycles. The van der Waals surface area contributed by atoms with Crippen LogP contribution in [-0.2, 0) is 4.79 Å². The number of rotatable bonds is 4. The van der Waals surface area contributed by atoms with Gasteiger partial charge < -0.3 is 4.74 Å². The van der Waals surface area contributed by atoms with Crippen LogP contribution in [0, 0.1) is 0 Å². The SMILES string of the molecule is CC(=O)/C=C/Oc1ccc(Cl)cc1C=C(Br)Br. The number of hydrogen-bond acceptors (Lipinski definition) is 2. The molecule has 0 saturated carbocycles. The topological polar surface area (TPSA) is 26.3 Å². The maximum atomic E-state index is 10.7. The number of hydrogen-bond donors (Lipinski definition) is 0. The van der Waals surface area contributed by atoms with Gasteiger partial charge in [-0.3, -0.25) is 4.79 Å². The zero-order chi connectivity index (χ0) is 12.8. The molecule has 0 aliphatic rings. The van der Waals surface area contributed by atoms with Crippen molar-refractivity contribution in [3.8, 4) is 5.75 Å². The summed E-state index contributed by atoms with van der Waals surface area (Å²) in [5.41, 5.74) is 0.800. The van der Waals surface area contributed by atoms with Gasteiger partial charge in [-0.15, -0.1) is 0 Å². The highest BCUT2D eigenvalue weighted by Gasteiger charge is 2.02. The first-order chi connectivity index (χ1) is 7.99. The molecule has 90 valence electrons. The highest BCUT2D eigenvalue weighted by molar-refractivity contribution is 9.28. The van der Waals surface area contributed by atoms with Crippen LogP contribution in [0.15, 0.2) is 33.9 Å². The predicted octanol–water partition coefficient (Wildman–Crippen LogP) is 4.91. The Morgan fingerprint density at radius 3 is 2.71 bits per heavy atom. The van der Waals surface area contributed by atoms with E-state index in [0.717, 1.165) is 8.96 Å². The second-order valence-corrected chi connectivity index (χ2v) is 6.36. The monoisotopic (exact) mass is 378 g/mol. The van der Waals surface area contributed by atoms with Gasteiger partial charge in [0.2, 0.25) is 0 Å². The molecule has 0 amide bonds. The normalized spacial score (nSPS) is 10.4. The molecular weight excluding hydrogens is 371 g/mol. The van der Waals surface area contributed by atoms with Crippen LogP contribution in [0.4, 0.5) is 0 Å². The summed E-state index contributed by atoms with van der Waals surface area (Å²) < 4.78 is 6.13. The van der Waals surface area contributed by atoms with Crippen LogP contribution >= 0.6 is 43.5 Å². The van der Waals surface area contributed by atoms with E-state index < -0.39 is 0 Å². The lowest BCUT2D eigenvalue weighted by Gasteiger charge is -2.05. The van der Waals surface area contributed by atoms with Gasteiger partial charge in [-0.2, -0.15) is 0 Å². The summed E-state index contributed by atoms with van der Waals surface area (Å²) in [5.74, 6) is 0.543. The lowest BCUT2D eigenvalue weighted by atomic mass is 10.2. The van der Waals surface area contributed by atoms with Gasteiger partial charge in [-0.05, 0) is 63.1 Å². The first-order valence-corrected chi connectivity index (χ1v) is 6.61. The van der Waals surface area contributed by atoms with Crippen molar-refractivity contribution < 1.29 is 9.53 Å². The third-order valence-electron chi connectivity index (χ3n) is 1.73. The quantitative estimate of drug-likeness (QED) is 0.548. The maximum absolute atomic E-state index is 10.7. The van der Waals surface area contributed by atoms with Crippen LogP contribution in [0.3, 0.4) is 0 Å². The molecule has 17 heavy (non-hydrogen) atoms. The van der Waals surface area contributed by atoms with Crippen molar-refractivity contribution in [3.05, 3.63) is 44.5 Å². The lowest BCUT2D eigenvalue weighted by molar-refractivity contribution is -0.112. The molecule has 2 nitrogen and oxygen atoms in total. The van der Waals surface area contributed by atoms with Crippen LogP contribution in [0.1, 0.15) is 12.5 Å². The van der Waals surface area contributed by atoms with Crippen LogP contribution in [-0.4, -0.2) is 5.78 Å². The summed E-state index contributed by atoms with van der Waals surface area (Å²) >= 11 is 12.4. The van der Waals surface area contributed by atoms with E-state index >= 15 is 0 Å². The van der Waals surface area contributed by atoms with E-state index in [0.29, 0.717) is 10.8 Å². The summed E-state index contributed by atoms with van der Waals surface area (Å²) in [6, 6.07) is 5.22. The van der Waals surface area contributed by atoms with Gasteiger partial charge >= 0.3 is 0 Å². The number of ketones is 1. The zero-order valence-corrected chi connectivity index (χ0v) is 12.8. The van der Waals surface area contributed by atoms with E-state index in [1.807, 2.05) is 6.08 Å². The summed E-state index contributed by atoms with van der Waals surface area (Å²) in [4.78, 5) is 10.7. The number of carbonyl (C=O) groups is 1. The molecule has 0 aliphatic carbocycles. The fourth-order valence-corrected chi connectivity index (χ4v) is 1.73. The van der Waals surface area contributed by atoms with Crippen molar-refractivity contribution in [1.29, 1.82) is 0 Å². The van der Waals surface area contributed by atoms with Gasteiger partial charge in [0.1, 0.15) is 5.75 Å². The van der Waals surface area contributed by atoms with Gasteiger partial charge in [0.15, 0.2) is 5.78 Å². The number of benzene rings is 1. The first kappa shape index (κ1) is 14.5. The van der Waals surface area contributed by atoms with Gasteiger partial charge in [0, 0.05) is 16.7 Å². The van der Waals surface area contributed by atoms with Crippen LogP contribution in [0.25, 0.3) is 6.08 Å². The van der Waals surface area contributed by atoms with Crippen molar-refractivity contribution in [2.24, 2.45) is 0 Å². The van der Waals surface area contributed by atoms with E-state index in [-0.39, 0.29) is 5.78 Å². The second-order valence-electron chi connectivity index (χ2n) is 3.15. The number of carbonyl (C=O) groups excluding carboxylic acids is 1. The highest BCUT2D eigenvalue weighted by Crippen LogP contribution is 2.28. The molecular formula is C12H9Br2ClO2. The van der Waals surface area contributed by atoms with E-state index in [4.69, 9.17) is 16.3 Å². The molecule has 0 aliphatic heterocycles. The summed E-state index contributed by atoms with van der Waals surface area (Å²) in [6.45, 7) is 1.46. The first-order valence-electron chi connectivity index (χ1n) is 4.65. The molecule has 0 unspecified atom stereocenters. The number of ether oxygens (including phenoxy) is 1. The van der Waals surface area contributed by atoms with Crippen molar-refractivity contribution in [2.75, 3.05) is 0 Å². The molecule has 1 rings (SSSR count). The Hall–Kier alpha value is -0.580. The van der Waals surface area contributed by atoms with Crippen molar-refractivity contribution >= 4 is 55.3 Å². The van der Waals surface area contributed by atoms with Crippen molar-refractivity contribution in [3.63, 3.8) is 0 Å². The Balaban J connectivity index is 2.98. The molecule has 0 spiro atoms. The Morgan fingerprint density at radius 1 is 1.41 bits per heavy atom. The molecule has 0 bridgehead atoms. The average molecular weight is 380 g/mol. The molecule has 1 aromatic carbocycles. The minimum absolute atomic E-state index is 0.0715. The minimum atomic E-state index is -0.0715. The fraction of sp³-hybridized carbons (Fsp3) is 0.0833. The summed E-state index contributed by atoms with van der Waals surface area (Å²) in [7, 11) is 0. The average Bonchev–Trinajstić information content (AvgIpc) is 2.20. The molecule has 0 fully saturated rings. The van der Waals surface area contributed by atoms with Gasteiger partial charge in [-0.1, -0.05) is 11.6 Å². The summed E-state index contributed by atoms with van der Waals surface area (Å²) in [6.07, 6.45) is 4.51. The molecule has 0 N–H and O–H groups in total. The van der Waals surface area contributed by atoms with Gasteiger partial charge in [0.05, 0.1) is 9.65 Å². The zero-order valence-electron chi connectivity index (χ0n) is 8.91. The Bertz CT molecular complexity index is 477. The van der Waals surface area contributed by atoms with Gasteiger partial charge in [-0.25, -0.2) is 0 Å². The molecule has 5 heteroatoms. The Morgan fingerprint density at radius 2 is 2.12 bits per heavy atom. The third kappa shape index (κ3) is 5.52. The maximum Gasteiger partial charge on any atom is 0.155 e. The van der Waals surface area contributed by atoms with E-state index in [2.05, 4.69) is 31.9 Å². The minimum Gasteiger partial charge on any atom is -0.464 e. The van der Waals surface area contributed by atoms with E-state index in [9.17, 15) is 4.79 Å². The number of halogens is 3. The van der Waals surface area contributed by atoms with Crippen LogP contribution < -0.4 is 4.74 Å². The molecule has 0 radical (unpaired) electrons. The Labute approximate surface area is 122 Å². The molecule has 0 atom stereocenters. The van der Waals surface area contributed by atoms with Crippen molar-refractivity contribution in [1.82, 2.24) is 0 Å². The van der Waals surface area contributed by atoms with Crippen LogP contribution in [0.2, 0.25) is 5.02 Å².